The molecule has 0 aliphatic carbocycles. The molecule has 0 aliphatic heterocycles. The van der Waals surface area contributed by atoms with Crippen molar-refractivity contribution in [3.05, 3.63) is 60.0 Å². The number of pyridine rings is 1. The summed E-state index contributed by atoms with van der Waals surface area (Å²) in [6.07, 6.45) is 1.95. The van der Waals surface area contributed by atoms with Crippen LogP contribution in [0.25, 0.3) is 5.65 Å². The van der Waals surface area contributed by atoms with Crippen LogP contribution in [0, 0.1) is 0 Å². The zero-order valence-electron chi connectivity index (χ0n) is 16.6. The number of fused-ring (bicyclic) bond motifs is 1. The van der Waals surface area contributed by atoms with Crippen LogP contribution in [0.3, 0.4) is 0 Å². The summed E-state index contributed by atoms with van der Waals surface area (Å²) in [6, 6.07) is 14.0. The Morgan fingerprint density at radius 2 is 1.86 bits per heavy atom. The maximum Gasteiger partial charge on any atom is 0.191 e. The van der Waals surface area contributed by atoms with Gasteiger partial charge in [0.2, 0.25) is 0 Å². The first-order valence-corrected chi connectivity index (χ1v) is 8.91. The Labute approximate surface area is 182 Å². The number of ether oxygens (including phenoxy) is 1. The van der Waals surface area contributed by atoms with Gasteiger partial charge in [-0.25, -0.2) is 0 Å². The molecule has 0 amide bonds. The quantitative estimate of drug-likeness (QED) is 0.313. The van der Waals surface area contributed by atoms with E-state index in [-0.39, 0.29) is 29.4 Å². The van der Waals surface area contributed by atoms with E-state index >= 15 is 0 Å². The van der Waals surface area contributed by atoms with Gasteiger partial charge in [0, 0.05) is 25.2 Å². The molecule has 0 bridgehead atoms. The van der Waals surface area contributed by atoms with Crippen molar-refractivity contribution in [2.45, 2.75) is 25.8 Å². The molecule has 0 unspecified atom stereocenters. The van der Waals surface area contributed by atoms with Gasteiger partial charge in [-0.2, -0.15) is 0 Å². The lowest BCUT2D eigenvalue weighted by molar-refractivity contribution is 0.414. The summed E-state index contributed by atoms with van der Waals surface area (Å²) in [4.78, 5) is 4.31. The van der Waals surface area contributed by atoms with Crippen molar-refractivity contribution in [2.75, 3.05) is 20.7 Å². The van der Waals surface area contributed by atoms with E-state index in [9.17, 15) is 0 Å². The predicted octanol–water partition coefficient (Wildman–Crippen LogP) is 3.00. The Bertz CT molecular complexity index is 920. The molecule has 150 valence electrons. The first-order valence-electron chi connectivity index (χ1n) is 8.91. The van der Waals surface area contributed by atoms with Gasteiger partial charge in [-0.05, 0) is 29.8 Å². The van der Waals surface area contributed by atoms with Crippen molar-refractivity contribution in [3.8, 4) is 5.75 Å². The molecule has 2 heterocycles. The monoisotopic (exact) mass is 494 g/mol. The minimum Gasteiger partial charge on any atom is -0.497 e. The van der Waals surface area contributed by atoms with Gasteiger partial charge in [-0.3, -0.25) is 9.39 Å². The lowest BCUT2D eigenvalue weighted by atomic mass is 9.84. The topological polar surface area (TPSA) is 75.8 Å². The number of rotatable bonds is 6. The van der Waals surface area contributed by atoms with Gasteiger partial charge < -0.3 is 15.4 Å². The van der Waals surface area contributed by atoms with Crippen LogP contribution < -0.4 is 15.4 Å². The second-order valence-electron chi connectivity index (χ2n) is 6.94. The maximum absolute atomic E-state index is 5.24. The molecule has 0 aliphatic rings. The van der Waals surface area contributed by atoms with E-state index < -0.39 is 0 Å². The van der Waals surface area contributed by atoms with Gasteiger partial charge in [-0.1, -0.05) is 32.0 Å². The number of aliphatic imine (C=N–C) groups is 1. The largest absolute Gasteiger partial charge is 0.497 e. The molecule has 0 atom stereocenters. The van der Waals surface area contributed by atoms with E-state index in [2.05, 4.69) is 51.8 Å². The first kappa shape index (κ1) is 21.9. The zero-order chi connectivity index (χ0) is 19.3. The van der Waals surface area contributed by atoms with Gasteiger partial charge in [0.1, 0.15) is 5.75 Å². The van der Waals surface area contributed by atoms with E-state index in [4.69, 9.17) is 4.74 Å². The second kappa shape index (κ2) is 9.72. The summed E-state index contributed by atoms with van der Waals surface area (Å²) in [7, 11) is 3.44. The number of hydrogen-bond donors (Lipinski definition) is 2. The van der Waals surface area contributed by atoms with Gasteiger partial charge in [0.15, 0.2) is 17.4 Å². The van der Waals surface area contributed by atoms with Crippen LogP contribution in [0.2, 0.25) is 0 Å². The average molecular weight is 494 g/mol. The highest BCUT2D eigenvalue weighted by atomic mass is 127. The third kappa shape index (κ3) is 5.12. The first-order chi connectivity index (χ1) is 13.0. The molecule has 3 rings (SSSR count). The summed E-state index contributed by atoms with van der Waals surface area (Å²) >= 11 is 0. The molecular weight excluding hydrogens is 467 g/mol. The van der Waals surface area contributed by atoms with Crippen molar-refractivity contribution in [1.29, 1.82) is 0 Å². The number of benzene rings is 1. The van der Waals surface area contributed by atoms with E-state index in [1.54, 1.807) is 14.2 Å². The number of hydrogen-bond acceptors (Lipinski definition) is 4. The molecule has 0 saturated carbocycles. The molecule has 2 N–H and O–H groups in total. The lowest BCUT2D eigenvalue weighted by Gasteiger charge is -2.27. The van der Waals surface area contributed by atoms with E-state index in [1.165, 1.54) is 5.56 Å². The van der Waals surface area contributed by atoms with Crippen LogP contribution in [0.1, 0.15) is 25.2 Å². The standard InChI is InChI=1S/C20H26N6O.HI/c1-20(2,15-8-10-16(27-4)11-9-15)14-23-19(21-3)22-13-18-25-24-17-7-5-6-12-26(17)18;/h5-12H,13-14H2,1-4H3,(H2,21,22,23);1H. The summed E-state index contributed by atoms with van der Waals surface area (Å²) in [5.41, 5.74) is 2.00. The van der Waals surface area contributed by atoms with Crippen molar-refractivity contribution in [2.24, 2.45) is 4.99 Å². The van der Waals surface area contributed by atoms with Crippen molar-refractivity contribution in [1.82, 2.24) is 25.2 Å². The van der Waals surface area contributed by atoms with Crippen molar-refractivity contribution >= 4 is 35.6 Å². The van der Waals surface area contributed by atoms with Crippen LogP contribution in [-0.2, 0) is 12.0 Å². The normalized spacial score (nSPS) is 11.8. The van der Waals surface area contributed by atoms with Crippen LogP contribution in [0.15, 0.2) is 53.7 Å². The van der Waals surface area contributed by atoms with Crippen molar-refractivity contribution < 1.29 is 4.74 Å². The molecule has 0 spiro atoms. The third-order valence-electron chi connectivity index (χ3n) is 4.59. The maximum atomic E-state index is 5.24. The van der Waals surface area contributed by atoms with E-state index in [0.717, 1.165) is 29.7 Å². The summed E-state index contributed by atoms with van der Waals surface area (Å²) < 4.78 is 7.20. The fourth-order valence-electron chi connectivity index (χ4n) is 2.84. The molecule has 7 nitrogen and oxygen atoms in total. The molecule has 8 heteroatoms. The van der Waals surface area contributed by atoms with Crippen LogP contribution in [0.5, 0.6) is 5.75 Å². The SMILES string of the molecule is CN=C(NCc1nnc2ccccn12)NCC(C)(C)c1ccc(OC)cc1.I. The molecule has 0 fully saturated rings. The van der Waals surface area contributed by atoms with Gasteiger partial charge in [0.25, 0.3) is 0 Å². The average Bonchev–Trinajstić information content (AvgIpc) is 3.11. The summed E-state index contributed by atoms with van der Waals surface area (Å²) in [5.74, 6) is 2.42. The Morgan fingerprint density at radius 3 is 2.54 bits per heavy atom. The molecule has 2 aromatic heterocycles. The number of nitrogens with zero attached hydrogens (tertiary/aromatic N) is 4. The zero-order valence-corrected chi connectivity index (χ0v) is 19.0. The van der Waals surface area contributed by atoms with Gasteiger partial charge >= 0.3 is 0 Å². The van der Waals surface area contributed by atoms with E-state index in [1.807, 2.05) is 40.9 Å². The van der Waals surface area contributed by atoms with E-state index in [0.29, 0.717) is 6.54 Å². The molecule has 0 saturated heterocycles. The Kier molecular flexibility index (Phi) is 7.61. The van der Waals surface area contributed by atoms with Gasteiger partial charge in [-0.15, -0.1) is 34.2 Å². The molecule has 28 heavy (non-hydrogen) atoms. The summed E-state index contributed by atoms with van der Waals surface area (Å²) in [6.45, 7) is 5.66. The fourth-order valence-corrected chi connectivity index (χ4v) is 2.84. The van der Waals surface area contributed by atoms with Crippen LogP contribution >= 0.6 is 24.0 Å². The Morgan fingerprint density at radius 1 is 1.11 bits per heavy atom. The van der Waals surface area contributed by atoms with Gasteiger partial charge in [0.05, 0.1) is 13.7 Å². The lowest BCUT2D eigenvalue weighted by Crippen LogP contribution is -2.43. The number of methoxy groups -OCH3 is 1. The van der Waals surface area contributed by atoms with Crippen LogP contribution in [0.4, 0.5) is 0 Å². The van der Waals surface area contributed by atoms with Crippen molar-refractivity contribution in [3.63, 3.8) is 0 Å². The molecular formula is C20H27IN6O. The molecule has 1 aromatic carbocycles. The predicted molar refractivity (Wildman–Crippen MR) is 123 cm³/mol. The number of aromatic nitrogens is 3. The Balaban J connectivity index is 0.00000280. The highest BCUT2D eigenvalue weighted by Crippen LogP contribution is 2.24. The highest BCUT2D eigenvalue weighted by Gasteiger charge is 2.21. The minimum atomic E-state index is -0.0640. The molecule has 3 aromatic rings. The third-order valence-corrected chi connectivity index (χ3v) is 4.59. The van der Waals surface area contributed by atoms with Crippen LogP contribution in [-0.4, -0.2) is 41.3 Å². The molecule has 0 radical (unpaired) electrons. The second-order valence-corrected chi connectivity index (χ2v) is 6.94. The highest BCUT2D eigenvalue weighted by molar-refractivity contribution is 14.0. The summed E-state index contributed by atoms with van der Waals surface area (Å²) in [5, 5.41) is 15.1. The smallest absolute Gasteiger partial charge is 0.191 e. The number of nitrogens with one attached hydrogen (secondary N) is 2. The number of guanidine groups is 1. The fraction of sp³-hybridized carbons (Fsp3) is 0.350. The minimum absolute atomic E-state index is 0. The Hall–Kier alpha value is -2.36. The number of halogens is 1.